The molecule has 7 atom stereocenters. The number of fused-ring (bicyclic) bond motifs is 2. The van der Waals surface area contributed by atoms with Gasteiger partial charge >= 0.3 is 5.97 Å². The zero-order valence-corrected chi connectivity index (χ0v) is 26.0. The number of carbonyl (C=O) groups is 4. The number of allylic oxidation sites excluding steroid dienone is 1. The summed E-state index contributed by atoms with van der Waals surface area (Å²) in [6, 6.07) is 17.3. The number of ether oxygens (including phenoxy) is 2. The summed E-state index contributed by atoms with van der Waals surface area (Å²) in [5, 5.41) is 12.5. The normalized spacial score (nSPS) is 32.0. The molecule has 4 aliphatic rings. The number of hydrogen-bond donors (Lipinski definition) is 2. The van der Waals surface area contributed by atoms with Gasteiger partial charge in [0, 0.05) is 32.7 Å². The van der Waals surface area contributed by atoms with Crippen LogP contribution in [0.2, 0.25) is 0 Å². The number of unbranched alkanes of at least 4 members (excludes halogenated alkanes) is 1. The van der Waals surface area contributed by atoms with Gasteiger partial charge in [-0.3, -0.25) is 19.2 Å². The van der Waals surface area contributed by atoms with Gasteiger partial charge in [-0.05, 0) is 37.3 Å². The van der Waals surface area contributed by atoms with Crippen LogP contribution in [0.3, 0.4) is 0 Å². The SMILES string of the molecule is C[C@@H]1NC(=O)CC/C=C\CN(Cc2ccccc2)C(=O)[C@H]2N(CCCCO)C(=O)[C@@H]3[C@@H](C(=O)O[C@H]1c1ccccc1)[C@H]1C=C[C@]32O1. The number of carbonyl (C=O) groups excluding carboxylic acids is 4. The number of nitrogens with one attached hydrogen (secondary N) is 1. The van der Waals surface area contributed by atoms with Crippen molar-refractivity contribution in [2.24, 2.45) is 11.8 Å². The van der Waals surface area contributed by atoms with Crippen LogP contribution < -0.4 is 5.32 Å². The second-order valence-corrected chi connectivity index (χ2v) is 12.5. The summed E-state index contributed by atoms with van der Waals surface area (Å²) >= 11 is 0. The van der Waals surface area contributed by atoms with Gasteiger partial charge in [0.25, 0.3) is 0 Å². The first-order chi connectivity index (χ1) is 22.3. The molecule has 0 radical (unpaired) electrons. The van der Waals surface area contributed by atoms with E-state index in [1.807, 2.05) is 72.8 Å². The van der Waals surface area contributed by atoms with Crippen molar-refractivity contribution < 1.29 is 33.8 Å². The Hall–Kier alpha value is -4.28. The zero-order valence-electron chi connectivity index (χ0n) is 26.0. The van der Waals surface area contributed by atoms with Crippen LogP contribution in [0.15, 0.2) is 85.0 Å². The van der Waals surface area contributed by atoms with E-state index in [1.54, 1.807) is 28.9 Å². The molecule has 0 aliphatic carbocycles. The Bertz CT molecular complexity index is 1500. The molecule has 1 spiro atoms. The van der Waals surface area contributed by atoms with Crippen molar-refractivity contribution in [3.05, 3.63) is 96.1 Å². The van der Waals surface area contributed by atoms with E-state index >= 15 is 0 Å². The molecule has 10 nitrogen and oxygen atoms in total. The van der Waals surface area contributed by atoms with E-state index in [1.165, 1.54) is 0 Å². The smallest absolute Gasteiger partial charge is 0.313 e. The van der Waals surface area contributed by atoms with Crippen molar-refractivity contribution in [3.8, 4) is 0 Å². The third kappa shape index (κ3) is 5.99. The molecule has 4 heterocycles. The van der Waals surface area contributed by atoms with E-state index in [9.17, 15) is 24.3 Å². The summed E-state index contributed by atoms with van der Waals surface area (Å²) in [7, 11) is 0. The fourth-order valence-electron chi connectivity index (χ4n) is 7.30. The van der Waals surface area contributed by atoms with Crippen molar-refractivity contribution in [3.63, 3.8) is 0 Å². The molecule has 2 N–H and O–H groups in total. The Kier molecular flexibility index (Phi) is 9.37. The second-order valence-electron chi connectivity index (χ2n) is 12.5. The number of cyclic esters (lactones) is 1. The van der Waals surface area contributed by atoms with E-state index in [-0.39, 0.29) is 43.8 Å². The fraction of sp³-hybridized carbons (Fsp3) is 0.444. The third-order valence-corrected chi connectivity index (χ3v) is 9.46. The number of esters is 1. The molecule has 2 saturated heterocycles. The molecule has 4 aliphatic heterocycles. The number of nitrogens with zero attached hydrogens (tertiary/aromatic N) is 2. The predicted octanol–water partition coefficient (Wildman–Crippen LogP) is 3.08. The van der Waals surface area contributed by atoms with Crippen LogP contribution in [0, 0.1) is 11.8 Å². The largest absolute Gasteiger partial charge is 0.455 e. The van der Waals surface area contributed by atoms with E-state index in [4.69, 9.17) is 9.47 Å². The van der Waals surface area contributed by atoms with E-state index < -0.39 is 47.7 Å². The molecule has 242 valence electrons. The molecule has 6 rings (SSSR count). The molecular weight excluding hydrogens is 586 g/mol. The summed E-state index contributed by atoms with van der Waals surface area (Å²) < 4.78 is 12.7. The highest BCUT2D eigenvalue weighted by atomic mass is 16.6. The summed E-state index contributed by atoms with van der Waals surface area (Å²) in [5.74, 6) is -3.34. The van der Waals surface area contributed by atoms with Gasteiger partial charge in [0.1, 0.15) is 23.7 Å². The Morgan fingerprint density at radius 1 is 0.957 bits per heavy atom. The standard InChI is InChI=1S/C36H41N3O7/c1-24-31(26-15-7-3-8-16-26)45-35(44)29-27-18-19-36(46-27)30(29)33(42)39(21-11-12-22-40)32(36)34(43)38(23-25-13-5-2-6-14-25)20-10-4-9-17-28(41)37-24/h2-8,10,13-16,18-19,24,27,29-32,40H,9,11-12,17,20-23H2,1H3,(H,37,41)/b10-4-/t24-,27+,29-,30-,31+,32+,36-/m0/s1. The van der Waals surface area contributed by atoms with Gasteiger partial charge < -0.3 is 29.7 Å². The van der Waals surface area contributed by atoms with Crippen LogP contribution >= 0.6 is 0 Å². The Morgan fingerprint density at radius 3 is 2.43 bits per heavy atom. The van der Waals surface area contributed by atoms with Gasteiger partial charge in [-0.15, -0.1) is 0 Å². The quantitative estimate of drug-likeness (QED) is 0.275. The van der Waals surface area contributed by atoms with Gasteiger partial charge in [-0.2, -0.15) is 0 Å². The molecule has 0 saturated carbocycles. The average Bonchev–Trinajstić information content (AvgIpc) is 3.70. The van der Waals surface area contributed by atoms with Crippen LogP contribution in [0.5, 0.6) is 0 Å². The molecule has 2 aromatic carbocycles. The summed E-state index contributed by atoms with van der Waals surface area (Å²) in [5.41, 5.74) is 0.300. The minimum atomic E-state index is -1.34. The number of aliphatic hydroxyl groups is 1. The van der Waals surface area contributed by atoms with E-state index in [0.717, 1.165) is 5.56 Å². The van der Waals surface area contributed by atoms with Crippen LogP contribution in [-0.2, 0) is 35.2 Å². The maximum Gasteiger partial charge on any atom is 0.313 e. The topological polar surface area (TPSA) is 125 Å². The minimum Gasteiger partial charge on any atom is -0.455 e. The van der Waals surface area contributed by atoms with Crippen LogP contribution in [-0.4, -0.2) is 82.1 Å². The molecule has 2 aromatic rings. The molecular formula is C36H41N3O7. The summed E-state index contributed by atoms with van der Waals surface area (Å²) in [6.07, 6.45) is 7.42. The lowest BCUT2D eigenvalue weighted by Crippen LogP contribution is -2.55. The number of likely N-dealkylation sites (tertiary alicyclic amines) is 1. The minimum absolute atomic E-state index is 0.0385. The molecule has 0 aromatic heterocycles. The Labute approximate surface area is 269 Å². The third-order valence-electron chi connectivity index (χ3n) is 9.46. The van der Waals surface area contributed by atoms with Gasteiger partial charge in [0.05, 0.1) is 18.1 Å². The summed E-state index contributed by atoms with van der Waals surface area (Å²) in [4.78, 5) is 59.3. The van der Waals surface area contributed by atoms with Crippen molar-refractivity contribution in [1.29, 1.82) is 0 Å². The number of benzene rings is 2. The molecule has 2 fully saturated rings. The highest BCUT2D eigenvalue weighted by Crippen LogP contribution is 2.56. The first kappa shape index (κ1) is 31.7. The maximum atomic E-state index is 14.7. The van der Waals surface area contributed by atoms with Crippen LogP contribution in [0.1, 0.15) is 49.8 Å². The highest BCUT2D eigenvalue weighted by Gasteiger charge is 2.73. The van der Waals surface area contributed by atoms with E-state index in [2.05, 4.69) is 5.32 Å². The molecule has 5 bridgehead atoms. The highest BCUT2D eigenvalue weighted by molar-refractivity contribution is 5.99. The van der Waals surface area contributed by atoms with Crippen molar-refractivity contribution in [1.82, 2.24) is 15.1 Å². The first-order valence-corrected chi connectivity index (χ1v) is 16.1. The van der Waals surface area contributed by atoms with Crippen molar-refractivity contribution in [2.75, 3.05) is 19.7 Å². The van der Waals surface area contributed by atoms with Gasteiger partial charge in [-0.25, -0.2) is 0 Å². The fourth-order valence-corrected chi connectivity index (χ4v) is 7.30. The molecule has 3 amide bonds. The van der Waals surface area contributed by atoms with Crippen LogP contribution in [0.4, 0.5) is 0 Å². The number of rotatable bonds is 7. The lowest BCUT2D eigenvalue weighted by molar-refractivity contribution is -0.161. The average molecular weight is 628 g/mol. The predicted molar refractivity (Wildman–Crippen MR) is 169 cm³/mol. The molecule has 10 heteroatoms. The number of amides is 3. The summed E-state index contributed by atoms with van der Waals surface area (Å²) in [6.45, 7) is 2.56. The lowest BCUT2D eigenvalue weighted by Gasteiger charge is -2.36. The number of aliphatic hydroxyl groups excluding tert-OH is 1. The van der Waals surface area contributed by atoms with E-state index in [0.29, 0.717) is 31.4 Å². The first-order valence-electron chi connectivity index (χ1n) is 16.1. The van der Waals surface area contributed by atoms with Gasteiger partial charge in [0.2, 0.25) is 17.7 Å². The molecule has 0 unspecified atom stereocenters. The van der Waals surface area contributed by atoms with Crippen LogP contribution in [0.25, 0.3) is 0 Å². The van der Waals surface area contributed by atoms with Gasteiger partial charge in [-0.1, -0.05) is 85.0 Å². The monoisotopic (exact) mass is 627 g/mol. The Balaban J connectivity index is 1.40. The molecule has 46 heavy (non-hydrogen) atoms. The number of hydrogen-bond acceptors (Lipinski definition) is 7. The van der Waals surface area contributed by atoms with Crippen molar-refractivity contribution >= 4 is 23.7 Å². The Morgan fingerprint density at radius 2 is 1.70 bits per heavy atom. The van der Waals surface area contributed by atoms with Crippen molar-refractivity contribution in [2.45, 2.75) is 69.0 Å². The lowest BCUT2D eigenvalue weighted by atomic mass is 9.74. The maximum absolute atomic E-state index is 14.7. The van der Waals surface area contributed by atoms with Gasteiger partial charge in [0.15, 0.2) is 0 Å². The zero-order chi connectivity index (χ0) is 32.3. The second kappa shape index (κ2) is 13.6.